The van der Waals surface area contributed by atoms with Crippen LogP contribution in [0.2, 0.25) is 0 Å². The van der Waals surface area contributed by atoms with Crippen LogP contribution >= 0.6 is 0 Å². The van der Waals surface area contributed by atoms with Gasteiger partial charge < -0.3 is 5.32 Å². The summed E-state index contributed by atoms with van der Waals surface area (Å²) >= 11 is 0. The van der Waals surface area contributed by atoms with Gasteiger partial charge in [-0.05, 0) is 48.7 Å². The Hall–Kier alpha value is -2.53. The number of benzene rings is 2. The number of hydrogen-bond donors (Lipinski definition) is 1. The summed E-state index contributed by atoms with van der Waals surface area (Å²) < 4.78 is 13.4. The Labute approximate surface area is 159 Å². The first kappa shape index (κ1) is 17.9. The Morgan fingerprint density at radius 3 is 2.59 bits per heavy atom. The first-order chi connectivity index (χ1) is 12.9. The fourth-order valence-electron chi connectivity index (χ4n) is 3.86. The first-order valence-corrected chi connectivity index (χ1v) is 9.41. The van der Waals surface area contributed by atoms with Crippen LogP contribution in [0.25, 0.3) is 0 Å². The second-order valence-corrected chi connectivity index (χ2v) is 7.65. The number of aryl methyl sites for hydroxylation is 2. The zero-order valence-corrected chi connectivity index (χ0v) is 15.8. The van der Waals surface area contributed by atoms with E-state index < -0.39 is 5.66 Å². The van der Waals surface area contributed by atoms with Crippen LogP contribution in [-0.2, 0) is 11.3 Å². The summed E-state index contributed by atoms with van der Waals surface area (Å²) in [6, 6.07) is 12.8. The molecule has 2 heterocycles. The summed E-state index contributed by atoms with van der Waals surface area (Å²) in [5.41, 5.74) is 4.27. The van der Waals surface area contributed by atoms with Crippen molar-refractivity contribution in [2.24, 2.45) is 4.99 Å². The topological polar surface area (TPSA) is 44.7 Å². The van der Waals surface area contributed by atoms with Gasteiger partial charge >= 0.3 is 0 Å². The van der Waals surface area contributed by atoms with E-state index in [0.29, 0.717) is 5.71 Å². The summed E-state index contributed by atoms with van der Waals surface area (Å²) in [6.07, 6.45) is 1.53. The summed E-state index contributed by atoms with van der Waals surface area (Å²) in [5, 5.41) is 3.12. The Bertz CT molecular complexity index is 914. The van der Waals surface area contributed by atoms with Crippen LogP contribution in [0.5, 0.6) is 0 Å². The highest BCUT2D eigenvalue weighted by atomic mass is 19.1. The van der Waals surface area contributed by atoms with Crippen LogP contribution in [0.15, 0.2) is 47.5 Å². The molecule has 1 fully saturated rings. The number of piperidine rings is 1. The van der Waals surface area contributed by atoms with E-state index in [2.05, 4.69) is 17.1 Å². The first-order valence-electron chi connectivity index (χ1n) is 9.41. The largest absolute Gasteiger partial charge is 0.326 e. The Morgan fingerprint density at radius 1 is 1.11 bits per heavy atom. The molecular formula is C22H24FN3O. The molecule has 4 nitrogen and oxygen atoms in total. The molecule has 1 saturated heterocycles. The van der Waals surface area contributed by atoms with Gasteiger partial charge in [0.25, 0.3) is 5.91 Å². The molecule has 140 valence electrons. The van der Waals surface area contributed by atoms with Crippen molar-refractivity contribution in [2.45, 2.75) is 38.9 Å². The van der Waals surface area contributed by atoms with Crippen molar-refractivity contribution in [3.8, 4) is 0 Å². The lowest BCUT2D eigenvalue weighted by Crippen LogP contribution is -2.50. The number of aliphatic imine (C=N–C) groups is 1. The van der Waals surface area contributed by atoms with Crippen molar-refractivity contribution in [3.63, 3.8) is 0 Å². The maximum absolute atomic E-state index is 13.4. The number of hydrogen-bond acceptors (Lipinski definition) is 3. The van der Waals surface area contributed by atoms with Gasteiger partial charge in [0, 0.05) is 38.0 Å². The lowest BCUT2D eigenvalue weighted by atomic mass is 9.97. The third-order valence-electron chi connectivity index (χ3n) is 5.65. The molecule has 1 amide bonds. The number of likely N-dealkylation sites (tertiary alicyclic amines) is 1. The van der Waals surface area contributed by atoms with Gasteiger partial charge in [0.2, 0.25) is 0 Å². The van der Waals surface area contributed by atoms with Gasteiger partial charge in [-0.1, -0.05) is 24.3 Å². The highest BCUT2D eigenvalue weighted by Crippen LogP contribution is 2.29. The highest BCUT2D eigenvalue weighted by molar-refractivity contribution is 6.46. The van der Waals surface area contributed by atoms with Gasteiger partial charge in [-0.25, -0.2) is 4.39 Å². The molecule has 1 N–H and O–H groups in total. The normalized spacial score (nSPS) is 19.2. The predicted molar refractivity (Wildman–Crippen MR) is 104 cm³/mol. The van der Waals surface area contributed by atoms with E-state index in [-0.39, 0.29) is 11.7 Å². The standard InChI is InChI=1S/C22H24FN3O/c1-15-6-7-18(12-16(15)2)20-21(27)25-22(24-20)8-10-26(11-9-22)14-17-4-3-5-19(23)13-17/h3-7,12-13H,8-11,14H2,1-2H3,(H,25,27). The van der Waals surface area contributed by atoms with Gasteiger partial charge in [0.15, 0.2) is 0 Å². The molecule has 0 unspecified atom stereocenters. The van der Waals surface area contributed by atoms with E-state index in [0.717, 1.165) is 49.2 Å². The van der Waals surface area contributed by atoms with Crippen molar-refractivity contribution in [3.05, 3.63) is 70.5 Å². The van der Waals surface area contributed by atoms with Crippen LogP contribution in [0.1, 0.15) is 35.1 Å². The monoisotopic (exact) mass is 365 g/mol. The van der Waals surface area contributed by atoms with Crippen molar-refractivity contribution in [2.75, 3.05) is 13.1 Å². The lowest BCUT2D eigenvalue weighted by molar-refractivity contribution is -0.115. The second kappa shape index (κ2) is 6.89. The molecule has 0 atom stereocenters. The van der Waals surface area contributed by atoms with E-state index in [1.165, 1.54) is 11.6 Å². The maximum Gasteiger partial charge on any atom is 0.272 e. The number of carbonyl (C=O) groups is 1. The molecule has 0 bridgehead atoms. The Morgan fingerprint density at radius 2 is 1.89 bits per heavy atom. The molecular weight excluding hydrogens is 341 g/mol. The van der Waals surface area contributed by atoms with E-state index in [1.54, 1.807) is 12.1 Å². The summed E-state index contributed by atoms with van der Waals surface area (Å²) in [5.74, 6) is -0.288. The van der Waals surface area contributed by atoms with Crippen LogP contribution in [-0.4, -0.2) is 35.3 Å². The van der Waals surface area contributed by atoms with E-state index >= 15 is 0 Å². The molecule has 4 rings (SSSR count). The fourth-order valence-corrected chi connectivity index (χ4v) is 3.86. The third kappa shape index (κ3) is 3.65. The molecule has 2 aliphatic rings. The van der Waals surface area contributed by atoms with Crippen LogP contribution in [0, 0.1) is 19.7 Å². The molecule has 0 radical (unpaired) electrons. The predicted octanol–water partition coefficient (Wildman–Crippen LogP) is 3.35. The van der Waals surface area contributed by atoms with E-state index in [4.69, 9.17) is 4.99 Å². The fraction of sp³-hybridized carbons (Fsp3) is 0.364. The molecule has 0 saturated carbocycles. The minimum Gasteiger partial charge on any atom is -0.326 e. The Kier molecular flexibility index (Phi) is 4.56. The zero-order valence-electron chi connectivity index (χ0n) is 15.8. The minimum absolute atomic E-state index is 0.0863. The van der Waals surface area contributed by atoms with Crippen LogP contribution < -0.4 is 5.32 Å². The number of carbonyl (C=O) groups excluding carboxylic acids is 1. The quantitative estimate of drug-likeness (QED) is 0.907. The van der Waals surface area contributed by atoms with Crippen molar-refractivity contribution < 1.29 is 9.18 Å². The van der Waals surface area contributed by atoms with Crippen LogP contribution in [0.3, 0.4) is 0 Å². The number of nitrogens with one attached hydrogen (secondary N) is 1. The molecule has 5 heteroatoms. The van der Waals surface area contributed by atoms with Crippen LogP contribution in [0.4, 0.5) is 4.39 Å². The number of halogens is 1. The van der Waals surface area contributed by atoms with E-state index in [1.807, 2.05) is 31.2 Å². The molecule has 2 aromatic rings. The third-order valence-corrected chi connectivity index (χ3v) is 5.65. The van der Waals surface area contributed by atoms with Crippen molar-refractivity contribution >= 4 is 11.6 Å². The SMILES string of the molecule is Cc1ccc(C2=NC3(CCN(Cc4cccc(F)c4)CC3)NC2=O)cc1C. The highest BCUT2D eigenvalue weighted by Gasteiger charge is 2.42. The Balaban J connectivity index is 1.47. The van der Waals surface area contributed by atoms with E-state index in [9.17, 15) is 9.18 Å². The molecule has 27 heavy (non-hydrogen) atoms. The lowest BCUT2D eigenvalue weighted by Gasteiger charge is -2.37. The van der Waals surface area contributed by atoms with Gasteiger partial charge in [-0.2, -0.15) is 0 Å². The summed E-state index contributed by atoms with van der Waals surface area (Å²) in [7, 11) is 0. The molecule has 0 aromatic heterocycles. The summed E-state index contributed by atoms with van der Waals surface area (Å²) in [4.78, 5) is 19.7. The molecule has 1 spiro atoms. The molecule has 2 aromatic carbocycles. The van der Waals surface area contributed by atoms with Gasteiger partial charge in [-0.15, -0.1) is 0 Å². The van der Waals surface area contributed by atoms with Crippen molar-refractivity contribution in [1.29, 1.82) is 0 Å². The minimum atomic E-state index is -0.496. The van der Waals surface area contributed by atoms with Gasteiger partial charge in [0.1, 0.15) is 17.2 Å². The average molecular weight is 365 g/mol. The average Bonchev–Trinajstić information content (AvgIpc) is 2.96. The van der Waals surface area contributed by atoms with Gasteiger partial charge in [-0.3, -0.25) is 14.7 Å². The smallest absolute Gasteiger partial charge is 0.272 e. The summed E-state index contributed by atoms with van der Waals surface area (Å²) in [6.45, 7) is 6.47. The van der Waals surface area contributed by atoms with Gasteiger partial charge in [0.05, 0.1) is 0 Å². The number of nitrogens with zero attached hydrogens (tertiary/aromatic N) is 2. The molecule has 2 aliphatic heterocycles. The zero-order chi connectivity index (χ0) is 19.0. The maximum atomic E-state index is 13.4. The number of rotatable bonds is 3. The molecule has 0 aliphatic carbocycles. The number of amides is 1. The second-order valence-electron chi connectivity index (χ2n) is 7.65. The van der Waals surface area contributed by atoms with Crippen molar-refractivity contribution in [1.82, 2.24) is 10.2 Å².